The third kappa shape index (κ3) is 14.7. The molecule has 38 atom stereocenters. The van der Waals surface area contributed by atoms with Crippen molar-refractivity contribution in [1.82, 2.24) is 0 Å². The van der Waals surface area contributed by atoms with Crippen LogP contribution in [-0.2, 0) is 66.4 Å². The number of ether oxygens (including phenoxy) is 12. The maximum Gasteiger partial charge on any atom is 0.187 e. The Morgan fingerprint density at radius 2 is 1.03 bits per heavy atom. The average molecular weight is 1350 g/mol. The van der Waals surface area contributed by atoms with Gasteiger partial charge in [0.2, 0.25) is 0 Å². The first-order chi connectivity index (χ1) is 44.1. The Kier molecular flexibility index (Phi) is 24.3. The van der Waals surface area contributed by atoms with Gasteiger partial charge in [-0.1, -0.05) is 27.7 Å². The standard InChI is InChI=1S/C61H100O32/c1-22(18-82-55-48(79)44(75)41(72)36(90-55)21-85-54-46(77)38(69)31(67)19-83-54)5-8-29(65)23(2)37-30(66)14-28-26-7-6-24-13-25(9-11-60(24,3)27(26)10-12-61(28,37)4)86-57-50(81)45(76)51(35(17-64)89-57)91-59-53(93-58-49(80)43(74)40(71)33(15-62)87-58)52(42(73)34(16-63)88-59)92-56-47(78)39(70)32(68)20-84-56/h22-28,31-59,62-64,67-81H,5-21H2,1-4H3/t22-,23+,24-,25-,26+,27-,28-,31-,32+,33+,34+,35+,36+,37-,38-,39-,40+,41+,42+,43-,44-,45+,46+,47+,48+,49+,50+,51-,52-,53+,54-,55+,56-,57+,58-,59-,60-,61-/m0/s1. The summed E-state index contributed by atoms with van der Waals surface area (Å²) < 4.78 is 70.1. The first-order valence-corrected chi connectivity index (χ1v) is 32.9. The summed E-state index contributed by atoms with van der Waals surface area (Å²) in [6.45, 7) is 4.19. The van der Waals surface area contributed by atoms with Crippen molar-refractivity contribution in [2.75, 3.05) is 46.2 Å². The number of aliphatic hydroxyl groups is 18. The lowest BCUT2D eigenvalue weighted by molar-refractivity contribution is -0.404. The Hall–Kier alpha value is -1.86. The molecule has 10 fully saturated rings. The Morgan fingerprint density at radius 3 is 1.70 bits per heavy atom. The number of Topliss-reactive ketones (excluding diaryl/α,β-unsaturated/α-hetero) is 2. The molecule has 4 aliphatic carbocycles. The van der Waals surface area contributed by atoms with E-state index in [9.17, 15) is 102 Å². The van der Waals surface area contributed by atoms with E-state index < -0.39 is 228 Å². The second-order valence-electron chi connectivity index (χ2n) is 28.4. The number of carbonyl (C=O) groups is 2. The summed E-state index contributed by atoms with van der Waals surface area (Å²) in [6.07, 6.45) is -42.0. The second-order valence-corrected chi connectivity index (χ2v) is 28.4. The van der Waals surface area contributed by atoms with Crippen molar-refractivity contribution in [2.24, 2.45) is 52.3 Å². The minimum absolute atomic E-state index is 0.00346. The summed E-state index contributed by atoms with van der Waals surface area (Å²) in [7, 11) is 0. The molecule has 0 spiro atoms. The minimum Gasteiger partial charge on any atom is -0.394 e. The molecule has 10 aliphatic rings. The highest BCUT2D eigenvalue weighted by atomic mass is 16.8. The van der Waals surface area contributed by atoms with Crippen LogP contribution in [0.4, 0.5) is 0 Å². The Bertz CT molecular complexity index is 2430. The Balaban J connectivity index is 0.730. The largest absolute Gasteiger partial charge is 0.394 e. The van der Waals surface area contributed by atoms with E-state index in [0.29, 0.717) is 25.7 Å². The lowest BCUT2D eigenvalue weighted by Gasteiger charge is -2.61. The molecule has 6 saturated heterocycles. The molecule has 93 heavy (non-hydrogen) atoms. The van der Waals surface area contributed by atoms with Gasteiger partial charge < -0.3 is 149 Å². The van der Waals surface area contributed by atoms with Crippen LogP contribution < -0.4 is 0 Å². The quantitative estimate of drug-likeness (QED) is 0.0448. The van der Waals surface area contributed by atoms with Crippen LogP contribution in [0.2, 0.25) is 0 Å². The van der Waals surface area contributed by atoms with Crippen molar-refractivity contribution in [2.45, 2.75) is 270 Å². The molecule has 0 amide bonds. The molecule has 0 aromatic rings. The van der Waals surface area contributed by atoms with E-state index in [1.165, 1.54) is 0 Å². The van der Waals surface area contributed by atoms with Gasteiger partial charge in [0.1, 0.15) is 146 Å². The highest BCUT2D eigenvalue weighted by Gasteiger charge is 2.65. The SMILES string of the molecule is C[C@@H](CCC(=O)[C@@H](C)[C@H]1C(=O)C[C@H]2[C@@H]3CC[C@H]4C[C@@H](O[C@@H]5O[C@H](CO)[C@H](O[C@@H]6O[C@H](CO)[C@@H](O)[C@H](O[C@@H]7OC[C@@H](O)[C@H](O)[C@H]7O)[C@H]6O[C@@H]6O[C@H](CO)[C@@H](O)[C@H](O)[C@H]6O)[C@H](O)[C@H]5O)CC[C@]4(C)[C@H]3CC[C@]12C)CO[C@@H]1O[C@H](CO[C@@H]2OC[C@H](O)[C@H](O)[C@H]2O)[C@@H](O)[C@H](O)[C@H]1O. The van der Waals surface area contributed by atoms with E-state index in [0.717, 1.165) is 32.1 Å². The van der Waals surface area contributed by atoms with Gasteiger partial charge in [0, 0.05) is 24.7 Å². The van der Waals surface area contributed by atoms with Crippen molar-refractivity contribution in [3.8, 4) is 0 Å². The molecule has 32 nitrogen and oxygen atoms in total. The molecule has 0 aromatic carbocycles. The zero-order valence-corrected chi connectivity index (χ0v) is 52.6. The molecular formula is C61H100O32. The summed E-state index contributed by atoms with van der Waals surface area (Å²) >= 11 is 0. The summed E-state index contributed by atoms with van der Waals surface area (Å²) in [5.74, 6) is -0.558. The van der Waals surface area contributed by atoms with E-state index in [1.54, 1.807) is 0 Å². The minimum atomic E-state index is -2.05. The van der Waals surface area contributed by atoms with Crippen LogP contribution in [0.15, 0.2) is 0 Å². The van der Waals surface area contributed by atoms with Crippen molar-refractivity contribution in [3.05, 3.63) is 0 Å². The fourth-order valence-corrected chi connectivity index (χ4v) is 17.0. The molecule has 536 valence electrons. The third-order valence-electron chi connectivity index (χ3n) is 22.6. The lowest BCUT2D eigenvalue weighted by atomic mass is 9.44. The van der Waals surface area contributed by atoms with Crippen LogP contribution in [0.25, 0.3) is 0 Å². The van der Waals surface area contributed by atoms with Gasteiger partial charge in [-0.15, -0.1) is 0 Å². The zero-order valence-electron chi connectivity index (χ0n) is 52.6. The maximum absolute atomic E-state index is 14.3. The number of hydrogen-bond acceptors (Lipinski definition) is 32. The molecule has 18 N–H and O–H groups in total. The summed E-state index contributed by atoms with van der Waals surface area (Å²) in [4.78, 5) is 28.4. The van der Waals surface area contributed by atoms with E-state index in [-0.39, 0.29) is 66.2 Å². The molecule has 0 aromatic heterocycles. The molecule has 10 rings (SSSR count). The molecule has 0 radical (unpaired) electrons. The number of ketones is 2. The average Bonchev–Trinajstić information content (AvgIpc) is 1.61. The summed E-state index contributed by atoms with van der Waals surface area (Å²) in [5, 5.41) is 192. The second kappa shape index (κ2) is 30.5. The molecule has 6 heterocycles. The predicted molar refractivity (Wildman–Crippen MR) is 305 cm³/mol. The molecule has 0 bridgehead atoms. The fourth-order valence-electron chi connectivity index (χ4n) is 17.0. The van der Waals surface area contributed by atoms with Crippen LogP contribution in [0.1, 0.15) is 91.9 Å². The van der Waals surface area contributed by atoms with Gasteiger partial charge in [0.25, 0.3) is 0 Å². The first kappa shape index (κ1) is 73.8. The van der Waals surface area contributed by atoms with E-state index in [1.807, 2.05) is 13.8 Å². The van der Waals surface area contributed by atoms with Crippen molar-refractivity contribution in [3.63, 3.8) is 0 Å². The Morgan fingerprint density at radius 1 is 0.505 bits per heavy atom. The zero-order chi connectivity index (χ0) is 67.4. The van der Waals surface area contributed by atoms with Crippen LogP contribution in [-0.4, -0.2) is 328 Å². The fraction of sp³-hybridized carbons (Fsp3) is 0.967. The smallest absolute Gasteiger partial charge is 0.187 e. The number of hydrogen-bond donors (Lipinski definition) is 18. The molecular weight excluding hydrogens is 1240 g/mol. The van der Waals surface area contributed by atoms with Gasteiger partial charge in [-0.3, -0.25) is 9.59 Å². The number of fused-ring (bicyclic) bond motifs is 5. The monoisotopic (exact) mass is 1340 g/mol. The van der Waals surface area contributed by atoms with Crippen LogP contribution in [0, 0.1) is 52.3 Å². The molecule has 0 unspecified atom stereocenters. The first-order valence-electron chi connectivity index (χ1n) is 32.9. The summed E-state index contributed by atoms with van der Waals surface area (Å²) in [6, 6.07) is 0. The van der Waals surface area contributed by atoms with Crippen molar-refractivity contribution >= 4 is 11.6 Å². The van der Waals surface area contributed by atoms with E-state index in [4.69, 9.17) is 56.8 Å². The predicted octanol–water partition coefficient (Wildman–Crippen LogP) is -6.98. The lowest BCUT2D eigenvalue weighted by Crippen LogP contribution is -2.68. The topological polar surface area (TPSA) is 509 Å². The van der Waals surface area contributed by atoms with Gasteiger partial charge in [0.05, 0.1) is 52.4 Å². The van der Waals surface area contributed by atoms with Crippen molar-refractivity contribution in [1.29, 1.82) is 0 Å². The van der Waals surface area contributed by atoms with Crippen LogP contribution in [0.3, 0.4) is 0 Å². The van der Waals surface area contributed by atoms with Gasteiger partial charge in [-0.2, -0.15) is 0 Å². The molecule has 6 aliphatic heterocycles. The maximum atomic E-state index is 14.3. The molecule has 4 saturated carbocycles. The third-order valence-corrected chi connectivity index (χ3v) is 22.6. The Labute approximate surface area is 537 Å². The number of aliphatic hydroxyl groups excluding tert-OH is 18. The van der Waals surface area contributed by atoms with Gasteiger partial charge >= 0.3 is 0 Å². The van der Waals surface area contributed by atoms with Gasteiger partial charge in [0.15, 0.2) is 37.7 Å². The normalized spacial score (nSPS) is 51.9. The van der Waals surface area contributed by atoms with Gasteiger partial charge in [-0.25, -0.2) is 0 Å². The number of carbonyl (C=O) groups excluding carboxylic acids is 2. The summed E-state index contributed by atoms with van der Waals surface area (Å²) in [5.41, 5.74) is -0.578. The highest BCUT2D eigenvalue weighted by molar-refractivity contribution is 5.92. The van der Waals surface area contributed by atoms with Gasteiger partial charge in [-0.05, 0) is 91.8 Å². The number of rotatable bonds is 22. The van der Waals surface area contributed by atoms with Crippen molar-refractivity contribution < 1.29 is 158 Å². The van der Waals surface area contributed by atoms with Crippen LogP contribution in [0.5, 0.6) is 0 Å². The van der Waals surface area contributed by atoms with Crippen LogP contribution >= 0.6 is 0 Å². The van der Waals surface area contributed by atoms with E-state index >= 15 is 0 Å². The highest BCUT2D eigenvalue weighted by Crippen LogP contribution is 2.68. The molecule has 32 heteroatoms. The van der Waals surface area contributed by atoms with E-state index in [2.05, 4.69) is 13.8 Å².